The van der Waals surface area contributed by atoms with Crippen molar-refractivity contribution in [2.45, 2.75) is 11.3 Å². The van der Waals surface area contributed by atoms with Gasteiger partial charge in [0.2, 0.25) is 0 Å². The lowest BCUT2D eigenvalue weighted by molar-refractivity contribution is 1.30. The zero-order valence-electron chi connectivity index (χ0n) is 7.12. The quantitative estimate of drug-likeness (QED) is 0.623. The lowest BCUT2D eigenvalue weighted by Gasteiger charge is -1.98. The summed E-state index contributed by atoms with van der Waals surface area (Å²) in [6, 6.07) is 6.34. The molecular weight excluding hydrogens is 325 g/mol. The van der Waals surface area contributed by atoms with Crippen LogP contribution in [0, 0.1) is 14.9 Å². The van der Waals surface area contributed by atoms with Crippen LogP contribution in [0.5, 0.6) is 0 Å². The summed E-state index contributed by atoms with van der Waals surface area (Å²) >= 11 is 8.33. The monoisotopic (exact) mass is 331 g/mol. The summed E-state index contributed by atoms with van der Waals surface area (Å²) in [6.45, 7) is 0. The Hall–Kier alpha value is -0.250. The molecule has 1 nitrogen and oxygen atoms in total. The van der Waals surface area contributed by atoms with Crippen LogP contribution in [0.4, 0.5) is 0 Å². The van der Waals surface area contributed by atoms with E-state index in [2.05, 4.69) is 52.7 Å². The maximum atomic E-state index is 8.66. The summed E-state index contributed by atoms with van der Waals surface area (Å²) < 4.78 is 2.39. The zero-order chi connectivity index (χ0) is 10.1. The normalized spacial score (nSPS) is 10.4. The topological polar surface area (TPSA) is 23.8 Å². The van der Waals surface area contributed by atoms with E-state index in [-0.39, 0.29) is 0 Å². The maximum Gasteiger partial charge on any atom is 0.0670 e. The Kier molecular flexibility index (Phi) is 3.00. The lowest BCUT2D eigenvalue weighted by atomic mass is 10.1. The van der Waals surface area contributed by atoms with E-state index >= 15 is 0 Å². The highest BCUT2D eigenvalue weighted by atomic mass is 127. The Balaban J connectivity index is 2.69. The number of thiophene rings is 1. The first-order valence-electron chi connectivity index (χ1n) is 3.98. The van der Waals surface area contributed by atoms with E-state index < -0.39 is 0 Å². The molecule has 1 aromatic heterocycles. The van der Waals surface area contributed by atoms with Crippen LogP contribution in [-0.4, -0.2) is 0 Å². The van der Waals surface area contributed by atoms with E-state index in [0.717, 1.165) is 14.0 Å². The van der Waals surface area contributed by atoms with Crippen molar-refractivity contribution in [3.05, 3.63) is 26.6 Å². The van der Waals surface area contributed by atoms with Gasteiger partial charge in [0, 0.05) is 13.2 Å². The molecule has 2 rings (SSSR count). The van der Waals surface area contributed by atoms with Crippen LogP contribution in [0.25, 0.3) is 10.1 Å². The molecule has 14 heavy (non-hydrogen) atoms. The standard InChI is InChI=1S/C10H6INS2/c11-8-4-10-7(3-9(8)13)6(1-2-12)5-14-10/h3-5,13H,1H2. The van der Waals surface area contributed by atoms with Crippen molar-refractivity contribution >= 4 is 56.6 Å². The number of hydrogen-bond donors (Lipinski definition) is 1. The fourth-order valence-electron chi connectivity index (χ4n) is 1.31. The number of hydrogen-bond acceptors (Lipinski definition) is 3. The predicted octanol–water partition coefficient (Wildman–Crippen LogP) is 3.86. The van der Waals surface area contributed by atoms with Crippen molar-refractivity contribution < 1.29 is 0 Å². The van der Waals surface area contributed by atoms with Crippen LogP contribution in [-0.2, 0) is 6.42 Å². The summed E-state index contributed by atoms with van der Waals surface area (Å²) in [5, 5.41) is 11.9. The van der Waals surface area contributed by atoms with Crippen molar-refractivity contribution in [1.29, 1.82) is 5.26 Å². The smallest absolute Gasteiger partial charge is 0.0670 e. The molecule has 1 aromatic carbocycles. The number of rotatable bonds is 1. The van der Waals surface area contributed by atoms with E-state index in [1.54, 1.807) is 11.3 Å². The number of halogens is 1. The fourth-order valence-corrected chi connectivity index (χ4v) is 3.17. The highest BCUT2D eigenvalue weighted by Gasteiger charge is 2.06. The van der Waals surface area contributed by atoms with Crippen molar-refractivity contribution in [2.75, 3.05) is 0 Å². The van der Waals surface area contributed by atoms with Gasteiger partial charge in [-0.3, -0.25) is 0 Å². The molecular formula is C10H6INS2. The highest BCUT2D eigenvalue weighted by Crippen LogP contribution is 2.31. The Morgan fingerprint density at radius 2 is 2.29 bits per heavy atom. The number of benzene rings is 1. The molecule has 70 valence electrons. The Morgan fingerprint density at radius 3 is 3.00 bits per heavy atom. The van der Waals surface area contributed by atoms with Crippen LogP contribution >= 0.6 is 46.6 Å². The summed E-state index contributed by atoms with van der Waals surface area (Å²) in [5.74, 6) is 0. The van der Waals surface area contributed by atoms with Gasteiger partial charge in [-0.1, -0.05) is 0 Å². The molecule has 0 aliphatic carbocycles. The molecule has 0 aliphatic heterocycles. The van der Waals surface area contributed by atoms with Crippen LogP contribution in [0.1, 0.15) is 5.56 Å². The summed E-state index contributed by atoms with van der Waals surface area (Å²) in [4.78, 5) is 0.982. The average Bonchev–Trinajstić information content (AvgIpc) is 2.51. The molecule has 0 spiro atoms. The molecule has 0 aliphatic rings. The average molecular weight is 331 g/mol. The summed E-state index contributed by atoms with van der Waals surface area (Å²) in [6.07, 6.45) is 0.480. The predicted molar refractivity (Wildman–Crippen MR) is 71.1 cm³/mol. The Bertz CT molecular complexity index is 525. The third-order valence-corrected chi connectivity index (χ3v) is 4.68. The molecule has 2 aromatic rings. The second-order valence-corrected chi connectivity index (χ2v) is 5.45. The number of thiol groups is 1. The van der Waals surface area contributed by atoms with Crippen molar-refractivity contribution in [2.24, 2.45) is 0 Å². The van der Waals surface area contributed by atoms with Gasteiger partial charge < -0.3 is 0 Å². The molecule has 0 saturated heterocycles. The summed E-state index contributed by atoms with van der Waals surface area (Å²) in [7, 11) is 0. The SMILES string of the molecule is N#CCc1csc2cc(I)c(S)cc12. The number of nitriles is 1. The van der Waals surface area contributed by atoms with E-state index in [1.165, 1.54) is 10.1 Å². The number of fused-ring (bicyclic) bond motifs is 1. The van der Waals surface area contributed by atoms with Gasteiger partial charge in [-0.25, -0.2) is 0 Å². The van der Waals surface area contributed by atoms with Gasteiger partial charge in [-0.05, 0) is 51.1 Å². The third kappa shape index (κ3) is 1.76. The first-order valence-corrected chi connectivity index (χ1v) is 6.38. The van der Waals surface area contributed by atoms with Gasteiger partial charge in [0.05, 0.1) is 12.5 Å². The molecule has 0 fully saturated rings. The lowest BCUT2D eigenvalue weighted by Crippen LogP contribution is -1.79. The van der Waals surface area contributed by atoms with E-state index in [0.29, 0.717) is 6.42 Å². The van der Waals surface area contributed by atoms with Gasteiger partial charge in [0.25, 0.3) is 0 Å². The number of nitrogens with zero attached hydrogens (tertiary/aromatic N) is 1. The highest BCUT2D eigenvalue weighted by molar-refractivity contribution is 14.1. The largest absolute Gasteiger partial charge is 0.198 e. The molecule has 0 atom stereocenters. The molecule has 0 radical (unpaired) electrons. The zero-order valence-corrected chi connectivity index (χ0v) is 11.0. The van der Waals surface area contributed by atoms with E-state index in [1.807, 2.05) is 6.07 Å². The van der Waals surface area contributed by atoms with Gasteiger partial charge >= 0.3 is 0 Å². The van der Waals surface area contributed by atoms with Crippen LogP contribution in [0.2, 0.25) is 0 Å². The van der Waals surface area contributed by atoms with E-state index in [4.69, 9.17) is 5.26 Å². The van der Waals surface area contributed by atoms with Crippen molar-refractivity contribution in [3.8, 4) is 6.07 Å². The van der Waals surface area contributed by atoms with Gasteiger partial charge in [-0.2, -0.15) is 5.26 Å². The molecule has 4 heteroatoms. The Labute approximate surface area is 105 Å². The molecule has 0 amide bonds. The van der Waals surface area contributed by atoms with E-state index in [9.17, 15) is 0 Å². The minimum atomic E-state index is 0.480. The van der Waals surface area contributed by atoms with Crippen molar-refractivity contribution in [1.82, 2.24) is 0 Å². The van der Waals surface area contributed by atoms with Gasteiger partial charge in [-0.15, -0.1) is 24.0 Å². The molecule has 1 heterocycles. The molecule has 0 N–H and O–H groups in total. The molecule has 0 bridgehead atoms. The minimum absolute atomic E-state index is 0.480. The molecule has 0 unspecified atom stereocenters. The second-order valence-electron chi connectivity index (χ2n) is 2.90. The van der Waals surface area contributed by atoms with Crippen LogP contribution in [0.3, 0.4) is 0 Å². The minimum Gasteiger partial charge on any atom is -0.198 e. The van der Waals surface area contributed by atoms with Crippen LogP contribution in [0.15, 0.2) is 22.4 Å². The van der Waals surface area contributed by atoms with Crippen molar-refractivity contribution in [3.63, 3.8) is 0 Å². The second kappa shape index (κ2) is 4.09. The summed E-state index contributed by atoms with van der Waals surface area (Å²) in [5.41, 5.74) is 1.11. The first kappa shape index (κ1) is 10.3. The Morgan fingerprint density at radius 1 is 1.50 bits per heavy atom. The van der Waals surface area contributed by atoms with Gasteiger partial charge in [0.1, 0.15) is 0 Å². The first-order chi connectivity index (χ1) is 6.72. The fraction of sp³-hybridized carbons (Fsp3) is 0.100. The third-order valence-electron chi connectivity index (χ3n) is 1.99. The molecule has 0 saturated carbocycles. The van der Waals surface area contributed by atoms with Gasteiger partial charge in [0.15, 0.2) is 0 Å². The maximum absolute atomic E-state index is 8.66. The van der Waals surface area contributed by atoms with Crippen LogP contribution < -0.4 is 0 Å².